The Balaban J connectivity index is 1.96. The highest BCUT2D eigenvalue weighted by atomic mass is 16.2. The minimum absolute atomic E-state index is 0.171. The summed E-state index contributed by atoms with van der Waals surface area (Å²) >= 11 is 0. The molecule has 1 aromatic rings. The lowest BCUT2D eigenvalue weighted by Crippen LogP contribution is -2.40. The molecule has 1 aliphatic rings. The Labute approximate surface area is 115 Å². The molecule has 1 fully saturated rings. The van der Waals surface area contributed by atoms with E-state index in [4.69, 9.17) is 5.73 Å². The molecule has 0 unspecified atom stereocenters. The highest BCUT2D eigenvalue weighted by Crippen LogP contribution is 2.35. The molecule has 0 atom stereocenters. The van der Waals surface area contributed by atoms with Crippen molar-refractivity contribution in [3.05, 3.63) is 35.4 Å². The SMILES string of the molecule is CC1(C(=O)NCc2ccccc2CN)CCCCC1. The van der Waals surface area contributed by atoms with Gasteiger partial charge in [-0.3, -0.25) is 4.79 Å². The number of nitrogens with two attached hydrogens (primary N) is 1. The van der Waals surface area contributed by atoms with E-state index in [9.17, 15) is 4.79 Å². The molecule has 0 aliphatic heterocycles. The maximum atomic E-state index is 12.4. The molecule has 0 aromatic heterocycles. The second-order valence-electron chi connectivity index (χ2n) is 5.78. The van der Waals surface area contributed by atoms with Crippen LogP contribution in [-0.4, -0.2) is 5.91 Å². The van der Waals surface area contributed by atoms with Gasteiger partial charge in [0.1, 0.15) is 0 Å². The first-order chi connectivity index (χ1) is 9.15. The Morgan fingerprint density at radius 1 is 1.21 bits per heavy atom. The van der Waals surface area contributed by atoms with Crippen LogP contribution in [0.5, 0.6) is 0 Å². The molecule has 3 nitrogen and oxygen atoms in total. The van der Waals surface area contributed by atoms with Gasteiger partial charge in [0.2, 0.25) is 5.91 Å². The lowest BCUT2D eigenvalue weighted by atomic mass is 9.75. The first-order valence-electron chi connectivity index (χ1n) is 7.21. The molecule has 0 radical (unpaired) electrons. The number of rotatable bonds is 4. The Hall–Kier alpha value is -1.35. The molecule has 1 amide bonds. The van der Waals surface area contributed by atoms with E-state index in [0.717, 1.165) is 24.0 Å². The molecule has 19 heavy (non-hydrogen) atoms. The standard InChI is InChI=1S/C16H24N2O/c1-16(9-5-2-6-10-16)15(19)18-12-14-8-4-3-7-13(14)11-17/h3-4,7-8H,2,5-6,9-12,17H2,1H3,(H,18,19). The molecule has 2 rings (SSSR count). The van der Waals surface area contributed by atoms with Crippen molar-refractivity contribution in [1.29, 1.82) is 0 Å². The maximum Gasteiger partial charge on any atom is 0.226 e. The summed E-state index contributed by atoms with van der Waals surface area (Å²) in [5.41, 5.74) is 7.77. The molecule has 1 saturated carbocycles. The largest absolute Gasteiger partial charge is 0.352 e. The Kier molecular flexibility index (Phi) is 4.59. The third-order valence-corrected chi connectivity index (χ3v) is 4.28. The molecule has 1 aliphatic carbocycles. The van der Waals surface area contributed by atoms with E-state index in [1.807, 2.05) is 24.3 Å². The van der Waals surface area contributed by atoms with Gasteiger partial charge in [-0.05, 0) is 24.0 Å². The van der Waals surface area contributed by atoms with Crippen molar-refractivity contribution in [2.45, 2.75) is 52.1 Å². The smallest absolute Gasteiger partial charge is 0.226 e. The summed E-state index contributed by atoms with van der Waals surface area (Å²) in [6, 6.07) is 8.02. The number of hydrogen-bond donors (Lipinski definition) is 2. The first kappa shape index (κ1) is 14.1. The highest BCUT2D eigenvalue weighted by molar-refractivity contribution is 5.82. The van der Waals surface area contributed by atoms with Crippen molar-refractivity contribution >= 4 is 5.91 Å². The van der Waals surface area contributed by atoms with Gasteiger partial charge in [0, 0.05) is 18.5 Å². The molecule has 0 spiro atoms. The number of nitrogens with one attached hydrogen (secondary N) is 1. The molecule has 0 bridgehead atoms. The first-order valence-corrected chi connectivity index (χ1v) is 7.21. The second-order valence-corrected chi connectivity index (χ2v) is 5.78. The summed E-state index contributed by atoms with van der Waals surface area (Å²) in [5.74, 6) is 0.194. The zero-order chi connectivity index (χ0) is 13.7. The molecule has 0 saturated heterocycles. The molecule has 0 heterocycles. The van der Waals surface area contributed by atoms with Crippen LogP contribution < -0.4 is 11.1 Å². The van der Waals surface area contributed by atoms with Crippen LogP contribution in [0.4, 0.5) is 0 Å². The van der Waals surface area contributed by atoms with Crippen molar-refractivity contribution in [3.8, 4) is 0 Å². The molecular weight excluding hydrogens is 236 g/mol. The maximum absolute atomic E-state index is 12.4. The van der Waals surface area contributed by atoms with Gasteiger partial charge in [0.15, 0.2) is 0 Å². The van der Waals surface area contributed by atoms with Crippen LogP contribution in [0.2, 0.25) is 0 Å². The fourth-order valence-corrected chi connectivity index (χ4v) is 2.88. The lowest BCUT2D eigenvalue weighted by molar-refractivity contribution is -0.132. The zero-order valence-corrected chi connectivity index (χ0v) is 11.7. The van der Waals surface area contributed by atoms with Crippen LogP contribution in [0, 0.1) is 5.41 Å². The van der Waals surface area contributed by atoms with Crippen molar-refractivity contribution in [1.82, 2.24) is 5.32 Å². The number of carbonyl (C=O) groups is 1. The molecule has 3 N–H and O–H groups in total. The zero-order valence-electron chi connectivity index (χ0n) is 11.7. The summed E-state index contributed by atoms with van der Waals surface area (Å²) in [5, 5.41) is 3.09. The lowest BCUT2D eigenvalue weighted by Gasteiger charge is -2.32. The van der Waals surface area contributed by atoms with Crippen LogP contribution in [0.15, 0.2) is 24.3 Å². The molecule has 3 heteroatoms. The predicted octanol–water partition coefficient (Wildman–Crippen LogP) is 2.73. The van der Waals surface area contributed by atoms with Gasteiger partial charge in [-0.1, -0.05) is 50.5 Å². The molecule has 104 valence electrons. The fraction of sp³-hybridized carbons (Fsp3) is 0.562. The van der Waals surface area contributed by atoms with Gasteiger partial charge in [-0.2, -0.15) is 0 Å². The van der Waals surface area contributed by atoms with Gasteiger partial charge in [-0.15, -0.1) is 0 Å². The monoisotopic (exact) mass is 260 g/mol. The van der Waals surface area contributed by atoms with Crippen molar-refractivity contribution in [2.75, 3.05) is 0 Å². The minimum Gasteiger partial charge on any atom is -0.352 e. The van der Waals surface area contributed by atoms with E-state index >= 15 is 0 Å². The Morgan fingerprint density at radius 2 is 1.84 bits per heavy atom. The number of benzene rings is 1. The summed E-state index contributed by atoms with van der Waals surface area (Å²) in [7, 11) is 0. The quantitative estimate of drug-likeness (QED) is 0.874. The van der Waals surface area contributed by atoms with Crippen molar-refractivity contribution in [3.63, 3.8) is 0 Å². The van der Waals surface area contributed by atoms with Crippen molar-refractivity contribution in [2.24, 2.45) is 11.1 Å². The third-order valence-electron chi connectivity index (χ3n) is 4.28. The van der Waals surface area contributed by atoms with E-state index in [-0.39, 0.29) is 11.3 Å². The predicted molar refractivity (Wildman–Crippen MR) is 77.4 cm³/mol. The highest BCUT2D eigenvalue weighted by Gasteiger charge is 2.34. The summed E-state index contributed by atoms with van der Waals surface area (Å²) in [6.07, 6.45) is 5.63. The van der Waals surface area contributed by atoms with E-state index < -0.39 is 0 Å². The average molecular weight is 260 g/mol. The normalized spacial score (nSPS) is 18.0. The van der Waals surface area contributed by atoms with Gasteiger partial charge >= 0.3 is 0 Å². The summed E-state index contributed by atoms with van der Waals surface area (Å²) < 4.78 is 0. The molecular formula is C16H24N2O. The third kappa shape index (κ3) is 3.35. The van der Waals surface area contributed by atoms with Gasteiger partial charge in [0.05, 0.1) is 0 Å². The van der Waals surface area contributed by atoms with Gasteiger partial charge in [0.25, 0.3) is 0 Å². The summed E-state index contributed by atoms with van der Waals surface area (Å²) in [4.78, 5) is 12.4. The van der Waals surface area contributed by atoms with Crippen LogP contribution in [-0.2, 0) is 17.9 Å². The average Bonchev–Trinajstić information content (AvgIpc) is 2.45. The summed E-state index contributed by atoms with van der Waals surface area (Å²) in [6.45, 7) is 3.20. The Morgan fingerprint density at radius 3 is 2.47 bits per heavy atom. The number of carbonyl (C=O) groups excluding carboxylic acids is 1. The number of amides is 1. The second kappa shape index (κ2) is 6.20. The van der Waals surface area contributed by atoms with Crippen LogP contribution in [0.25, 0.3) is 0 Å². The van der Waals surface area contributed by atoms with Crippen LogP contribution >= 0.6 is 0 Å². The minimum atomic E-state index is -0.171. The van der Waals surface area contributed by atoms with Crippen LogP contribution in [0.3, 0.4) is 0 Å². The van der Waals surface area contributed by atoms with E-state index in [2.05, 4.69) is 12.2 Å². The topological polar surface area (TPSA) is 55.1 Å². The fourth-order valence-electron chi connectivity index (χ4n) is 2.88. The van der Waals surface area contributed by atoms with Crippen molar-refractivity contribution < 1.29 is 4.79 Å². The van der Waals surface area contributed by atoms with E-state index in [1.165, 1.54) is 19.3 Å². The van der Waals surface area contributed by atoms with Gasteiger partial charge in [-0.25, -0.2) is 0 Å². The van der Waals surface area contributed by atoms with Gasteiger partial charge < -0.3 is 11.1 Å². The van der Waals surface area contributed by atoms with E-state index in [0.29, 0.717) is 13.1 Å². The van der Waals surface area contributed by atoms with Crippen LogP contribution in [0.1, 0.15) is 50.2 Å². The molecule has 1 aromatic carbocycles. The van der Waals surface area contributed by atoms with E-state index in [1.54, 1.807) is 0 Å². The Bertz CT molecular complexity index is 436. The number of hydrogen-bond acceptors (Lipinski definition) is 2.